The molecule has 0 heterocycles. The highest BCUT2D eigenvalue weighted by Gasteiger charge is 2.19. The Hall–Kier alpha value is -0.720. The molecular formula is C12H20N2O2S2. The fourth-order valence-corrected chi connectivity index (χ4v) is 3.88. The van der Waals surface area contributed by atoms with Crippen LogP contribution in [-0.2, 0) is 10.0 Å². The van der Waals surface area contributed by atoms with Crippen molar-refractivity contribution in [2.75, 3.05) is 17.2 Å². The van der Waals surface area contributed by atoms with Gasteiger partial charge < -0.3 is 5.73 Å². The molecule has 3 N–H and O–H groups in total. The zero-order valence-corrected chi connectivity index (χ0v) is 12.6. The lowest BCUT2D eigenvalue weighted by atomic mass is 10.2. The van der Waals surface area contributed by atoms with Crippen LogP contribution in [0.2, 0.25) is 0 Å². The molecule has 1 atom stereocenters. The van der Waals surface area contributed by atoms with Crippen molar-refractivity contribution < 1.29 is 8.42 Å². The average Bonchev–Trinajstić information content (AvgIpc) is 2.25. The van der Waals surface area contributed by atoms with Crippen LogP contribution in [0.3, 0.4) is 0 Å². The van der Waals surface area contributed by atoms with Gasteiger partial charge in [-0.2, -0.15) is 11.8 Å². The van der Waals surface area contributed by atoms with Crippen molar-refractivity contribution >= 4 is 27.5 Å². The van der Waals surface area contributed by atoms with E-state index in [1.165, 1.54) is 0 Å². The Bertz CT molecular complexity index is 501. The molecule has 18 heavy (non-hydrogen) atoms. The van der Waals surface area contributed by atoms with Gasteiger partial charge in [0.1, 0.15) is 0 Å². The first-order valence-electron chi connectivity index (χ1n) is 5.83. The number of aryl methyl sites for hydroxylation is 1. The van der Waals surface area contributed by atoms with Gasteiger partial charge in [0.2, 0.25) is 10.0 Å². The fraction of sp³-hybridized carbons (Fsp3) is 0.500. The number of hydrogen-bond donors (Lipinski definition) is 2. The normalized spacial score (nSPS) is 13.5. The second-order valence-corrected chi connectivity index (χ2v) is 7.21. The largest absolute Gasteiger partial charge is 0.399 e. The molecule has 0 radical (unpaired) electrons. The first-order valence-corrected chi connectivity index (χ1v) is 8.46. The maximum atomic E-state index is 12.2. The van der Waals surface area contributed by atoms with Crippen LogP contribution in [0, 0.1) is 6.92 Å². The van der Waals surface area contributed by atoms with E-state index >= 15 is 0 Å². The molecule has 0 aromatic heterocycles. The van der Waals surface area contributed by atoms with E-state index in [0.717, 1.165) is 11.5 Å². The molecule has 0 aliphatic rings. The molecule has 1 aromatic carbocycles. The molecule has 1 unspecified atom stereocenters. The lowest BCUT2D eigenvalue weighted by molar-refractivity contribution is 0.570. The zero-order valence-electron chi connectivity index (χ0n) is 10.9. The molecule has 1 aromatic rings. The molecule has 0 spiro atoms. The Morgan fingerprint density at radius 3 is 2.67 bits per heavy atom. The van der Waals surface area contributed by atoms with Crippen LogP contribution in [-0.4, -0.2) is 26.0 Å². The Kier molecular flexibility index (Phi) is 5.49. The number of thioether (sulfide) groups is 1. The Morgan fingerprint density at radius 1 is 1.44 bits per heavy atom. The van der Waals surface area contributed by atoms with E-state index in [9.17, 15) is 8.42 Å². The maximum absolute atomic E-state index is 12.2. The highest BCUT2D eigenvalue weighted by atomic mass is 32.2. The number of rotatable bonds is 6. The Labute approximate surface area is 113 Å². The summed E-state index contributed by atoms with van der Waals surface area (Å²) in [5.74, 6) is 1.75. The predicted molar refractivity (Wildman–Crippen MR) is 78.4 cm³/mol. The standard InChI is InChI=1S/C12H20N2O2S2/c1-4-17-8-10(3)14-18(15,16)12-6-5-11(13)7-9(12)2/h5-7,10,14H,4,8,13H2,1-3H3. The van der Waals surface area contributed by atoms with Gasteiger partial charge in [-0.05, 0) is 43.4 Å². The van der Waals surface area contributed by atoms with E-state index in [0.29, 0.717) is 16.1 Å². The summed E-state index contributed by atoms with van der Waals surface area (Å²) in [6, 6.07) is 4.73. The van der Waals surface area contributed by atoms with Crippen molar-refractivity contribution in [1.82, 2.24) is 4.72 Å². The number of nitrogen functional groups attached to an aromatic ring is 1. The quantitative estimate of drug-likeness (QED) is 0.785. The van der Waals surface area contributed by atoms with Crippen LogP contribution in [0.5, 0.6) is 0 Å². The van der Waals surface area contributed by atoms with E-state index in [2.05, 4.69) is 11.6 Å². The topological polar surface area (TPSA) is 72.2 Å². The third-order valence-electron chi connectivity index (χ3n) is 2.42. The van der Waals surface area contributed by atoms with E-state index in [1.54, 1.807) is 36.9 Å². The van der Waals surface area contributed by atoms with Crippen molar-refractivity contribution in [2.45, 2.75) is 31.7 Å². The number of sulfonamides is 1. The van der Waals surface area contributed by atoms with Gasteiger partial charge >= 0.3 is 0 Å². The van der Waals surface area contributed by atoms with Gasteiger partial charge in [0.15, 0.2) is 0 Å². The number of hydrogen-bond acceptors (Lipinski definition) is 4. The maximum Gasteiger partial charge on any atom is 0.241 e. The van der Waals surface area contributed by atoms with Crippen LogP contribution in [0.25, 0.3) is 0 Å². The molecule has 0 fully saturated rings. The van der Waals surface area contributed by atoms with Crippen LogP contribution in [0.15, 0.2) is 23.1 Å². The monoisotopic (exact) mass is 288 g/mol. The van der Waals surface area contributed by atoms with Gasteiger partial charge in [-0.25, -0.2) is 13.1 Å². The van der Waals surface area contributed by atoms with E-state index in [-0.39, 0.29) is 6.04 Å². The van der Waals surface area contributed by atoms with Crippen molar-refractivity contribution in [3.63, 3.8) is 0 Å². The van der Waals surface area contributed by atoms with Crippen LogP contribution in [0.1, 0.15) is 19.4 Å². The van der Waals surface area contributed by atoms with Crippen molar-refractivity contribution in [3.05, 3.63) is 23.8 Å². The molecule has 6 heteroatoms. The van der Waals surface area contributed by atoms with Gasteiger partial charge in [0, 0.05) is 17.5 Å². The highest BCUT2D eigenvalue weighted by molar-refractivity contribution is 7.99. The lowest BCUT2D eigenvalue weighted by Crippen LogP contribution is -2.34. The molecule has 0 bridgehead atoms. The van der Waals surface area contributed by atoms with E-state index in [1.807, 2.05) is 6.92 Å². The summed E-state index contributed by atoms with van der Waals surface area (Å²) in [6.07, 6.45) is 0. The SMILES string of the molecule is CCSCC(C)NS(=O)(=O)c1ccc(N)cc1C. The molecule has 0 saturated heterocycles. The minimum absolute atomic E-state index is 0.0862. The number of anilines is 1. The zero-order chi connectivity index (χ0) is 13.8. The third-order valence-corrected chi connectivity index (χ3v) is 5.31. The molecule has 0 amide bonds. The Morgan fingerprint density at radius 2 is 2.11 bits per heavy atom. The van der Waals surface area contributed by atoms with Gasteiger partial charge in [0.25, 0.3) is 0 Å². The molecule has 0 aliphatic heterocycles. The summed E-state index contributed by atoms with van der Waals surface area (Å²) < 4.78 is 27.0. The summed E-state index contributed by atoms with van der Waals surface area (Å²) in [4.78, 5) is 0.296. The summed E-state index contributed by atoms with van der Waals surface area (Å²) in [5, 5.41) is 0. The number of nitrogens with one attached hydrogen (secondary N) is 1. The molecule has 0 aliphatic carbocycles. The number of benzene rings is 1. The first-order chi connectivity index (χ1) is 8.36. The van der Waals surface area contributed by atoms with Gasteiger partial charge in [-0.1, -0.05) is 6.92 Å². The smallest absolute Gasteiger partial charge is 0.241 e. The third kappa shape index (κ3) is 4.19. The van der Waals surface area contributed by atoms with E-state index < -0.39 is 10.0 Å². The second kappa shape index (κ2) is 6.45. The molecule has 0 saturated carbocycles. The minimum atomic E-state index is -3.46. The molecular weight excluding hydrogens is 268 g/mol. The molecule has 1 rings (SSSR count). The lowest BCUT2D eigenvalue weighted by Gasteiger charge is -2.15. The van der Waals surface area contributed by atoms with Crippen LogP contribution in [0.4, 0.5) is 5.69 Å². The fourth-order valence-electron chi connectivity index (χ4n) is 1.63. The summed E-state index contributed by atoms with van der Waals surface area (Å²) in [6.45, 7) is 5.67. The van der Waals surface area contributed by atoms with Gasteiger partial charge in [-0.3, -0.25) is 0 Å². The van der Waals surface area contributed by atoms with Crippen molar-refractivity contribution in [3.8, 4) is 0 Å². The van der Waals surface area contributed by atoms with Crippen LogP contribution >= 0.6 is 11.8 Å². The number of nitrogens with two attached hydrogens (primary N) is 1. The van der Waals surface area contributed by atoms with Crippen molar-refractivity contribution in [2.24, 2.45) is 0 Å². The van der Waals surface area contributed by atoms with Gasteiger partial charge in [0.05, 0.1) is 4.90 Å². The minimum Gasteiger partial charge on any atom is -0.399 e. The molecule has 4 nitrogen and oxygen atoms in total. The second-order valence-electron chi connectivity index (χ2n) is 4.21. The summed E-state index contributed by atoms with van der Waals surface area (Å²) in [5.41, 5.74) is 6.85. The highest BCUT2D eigenvalue weighted by Crippen LogP contribution is 2.18. The van der Waals surface area contributed by atoms with E-state index in [4.69, 9.17) is 5.73 Å². The average molecular weight is 288 g/mol. The molecule has 102 valence electrons. The predicted octanol–water partition coefficient (Wildman–Crippen LogP) is 2.00. The first kappa shape index (κ1) is 15.3. The van der Waals surface area contributed by atoms with Crippen LogP contribution < -0.4 is 10.5 Å². The van der Waals surface area contributed by atoms with Crippen molar-refractivity contribution in [1.29, 1.82) is 0 Å². The summed E-state index contributed by atoms with van der Waals surface area (Å²) >= 11 is 1.71. The van der Waals surface area contributed by atoms with Gasteiger partial charge in [-0.15, -0.1) is 0 Å². The summed E-state index contributed by atoms with van der Waals surface area (Å²) in [7, 11) is -3.46. The Balaban J connectivity index is 2.86.